The van der Waals surface area contributed by atoms with Crippen molar-refractivity contribution in [2.24, 2.45) is 4.90 Å². The summed E-state index contributed by atoms with van der Waals surface area (Å²) in [5.74, 6) is 0. The molecule has 0 bridgehead atoms. The van der Waals surface area contributed by atoms with Crippen LogP contribution in [0.3, 0.4) is 0 Å². The molecule has 3 heteroatoms. The molecule has 0 aromatic heterocycles. The topological polar surface area (TPSA) is 21.6 Å². The molecule has 0 N–H and O–H groups in total. The molecule has 3 aromatic carbocycles. The van der Waals surface area contributed by atoms with Crippen molar-refractivity contribution in [1.82, 2.24) is 0 Å². The number of hydrogen-bond acceptors (Lipinski definition) is 2. The summed E-state index contributed by atoms with van der Waals surface area (Å²) in [5.41, 5.74) is 2.48. The van der Waals surface area contributed by atoms with Gasteiger partial charge in [0.1, 0.15) is 0 Å². The number of rotatable bonds is 5. The Morgan fingerprint density at radius 2 is 1.00 bits per heavy atom. The minimum atomic E-state index is -0.719. The van der Waals surface area contributed by atoms with Gasteiger partial charge in [-0.3, -0.25) is 0 Å². The van der Waals surface area contributed by atoms with E-state index < -0.39 is 5.60 Å². The summed E-state index contributed by atoms with van der Waals surface area (Å²) in [5, 5.41) is 0. The van der Waals surface area contributed by atoms with E-state index in [1.54, 1.807) is 7.05 Å². The van der Waals surface area contributed by atoms with Crippen LogP contribution in [0.5, 0.6) is 0 Å². The van der Waals surface area contributed by atoms with E-state index in [0.29, 0.717) is 0 Å². The molecule has 23 heavy (non-hydrogen) atoms. The van der Waals surface area contributed by atoms with E-state index >= 15 is 0 Å². The van der Waals surface area contributed by atoms with Gasteiger partial charge < -0.3 is 0 Å². The molecule has 0 spiro atoms. The molecule has 0 saturated carbocycles. The average molecular weight is 299 g/mol. The zero-order valence-corrected chi connectivity index (χ0v) is 13.1. The van der Waals surface area contributed by atoms with Crippen LogP contribution in [-0.4, -0.2) is 14.3 Å². The maximum atomic E-state index is 6.25. The molecule has 0 amide bonds. The summed E-state index contributed by atoms with van der Waals surface area (Å²) >= 11 is 0. The van der Waals surface area contributed by atoms with Gasteiger partial charge in [-0.05, 0) is 0 Å². The third-order valence-electron chi connectivity index (χ3n) is 3.88. The quantitative estimate of drug-likeness (QED) is 0.504. The van der Waals surface area contributed by atoms with Crippen molar-refractivity contribution in [3.05, 3.63) is 108 Å². The second-order valence-corrected chi connectivity index (χ2v) is 5.26. The molecular weight excluding hydrogens is 281 g/mol. The first-order valence-electron chi connectivity index (χ1n) is 7.63. The van der Waals surface area contributed by atoms with Gasteiger partial charge in [0, 0.05) is 0 Å². The standard InChI is InChI=1S/C20H18BNO/c1-22-21-23-20(17-11-5-2-6-12-17,18-13-7-3-8-14-18)19-15-9-4-10-16-19/h2-16H,1H3. The molecule has 0 aliphatic carbocycles. The van der Waals surface area contributed by atoms with Gasteiger partial charge in [-0.2, -0.15) is 0 Å². The van der Waals surface area contributed by atoms with Crippen molar-refractivity contribution < 1.29 is 4.65 Å². The molecule has 0 fully saturated rings. The first-order valence-corrected chi connectivity index (χ1v) is 7.63. The molecule has 0 unspecified atom stereocenters. The monoisotopic (exact) mass is 299 g/mol. The van der Waals surface area contributed by atoms with Crippen molar-refractivity contribution in [3.8, 4) is 0 Å². The fraction of sp³-hybridized carbons (Fsp3) is 0.100. The van der Waals surface area contributed by atoms with Crippen LogP contribution >= 0.6 is 0 Å². The Kier molecular flexibility index (Phi) is 4.67. The third kappa shape index (κ3) is 2.95. The van der Waals surface area contributed by atoms with Crippen molar-refractivity contribution in [1.29, 1.82) is 0 Å². The van der Waals surface area contributed by atoms with Crippen LogP contribution in [0.15, 0.2) is 95.9 Å². The van der Waals surface area contributed by atoms with E-state index in [0.717, 1.165) is 16.7 Å². The predicted molar refractivity (Wildman–Crippen MR) is 94.4 cm³/mol. The molecule has 2 nitrogen and oxygen atoms in total. The molecule has 0 aliphatic rings. The molecule has 0 aliphatic heterocycles. The van der Waals surface area contributed by atoms with E-state index in [4.69, 9.17) is 4.65 Å². The van der Waals surface area contributed by atoms with E-state index in [1.165, 1.54) is 7.27 Å². The molecule has 0 saturated heterocycles. The molecular formula is C20H18BNO. The summed E-state index contributed by atoms with van der Waals surface area (Å²) in [6, 6.07) is 30.7. The van der Waals surface area contributed by atoms with E-state index in [-0.39, 0.29) is 0 Å². The Labute approximate surface area is 137 Å². The first kappa shape index (κ1) is 15.2. The van der Waals surface area contributed by atoms with Crippen molar-refractivity contribution in [2.75, 3.05) is 7.05 Å². The van der Waals surface area contributed by atoms with Gasteiger partial charge in [0.15, 0.2) is 0 Å². The van der Waals surface area contributed by atoms with Gasteiger partial charge in [-0.25, -0.2) is 0 Å². The van der Waals surface area contributed by atoms with Crippen LogP contribution in [-0.2, 0) is 10.3 Å². The summed E-state index contributed by atoms with van der Waals surface area (Å²) in [6.07, 6.45) is 0. The summed E-state index contributed by atoms with van der Waals surface area (Å²) in [6.45, 7) is 0. The summed E-state index contributed by atoms with van der Waals surface area (Å²) in [4.78, 5) is 4.05. The van der Waals surface area contributed by atoms with Crippen LogP contribution < -0.4 is 0 Å². The number of benzene rings is 3. The molecule has 3 aromatic rings. The number of hydrogen-bond donors (Lipinski definition) is 0. The molecule has 0 radical (unpaired) electrons. The molecule has 0 atom stereocenters. The second kappa shape index (κ2) is 7.06. The van der Waals surface area contributed by atoms with Crippen LogP contribution in [0.25, 0.3) is 0 Å². The number of nitrogens with zero attached hydrogens (tertiary/aromatic N) is 1. The Morgan fingerprint density at radius 3 is 1.30 bits per heavy atom. The molecule has 3 rings (SSSR count). The first-order chi connectivity index (χ1) is 11.4. The van der Waals surface area contributed by atoms with Crippen molar-refractivity contribution >= 4 is 7.27 Å². The average Bonchev–Trinajstić information content (AvgIpc) is 2.65. The summed E-state index contributed by atoms with van der Waals surface area (Å²) < 4.78 is 6.25. The zero-order valence-electron chi connectivity index (χ0n) is 13.1. The van der Waals surface area contributed by atoms with Crippen LogP contribution in [0.2, 0.25) is 0 Å². The molecule has 0 heterocycles. The Hall–Kier alpha value is -2.68. The predicted octanol–water partition coefficient (Wildman–Crippen LogP) is 4.43. The van der Waals surface area contributed by atoms with Crippen LogP contribution in [0.1, 0.15) is 16.7 Å². The Morgan fingerprint density at radius 1 is 0.652 bits per heavy atom. The van der Waals surface area contributed by atoms with Gasteiger partial charge in [0.2, 0.25) is 0 Å². The normalized spacial score (nSPS) is 11.2. The Bertz CT molecular complexity index is 661. The minimum absolute atomic E-state index is 0.719. The third-order valence-corrected chi connectivity index (χ3v) is 3.88. The Balaban J connectivity index is 2.30. The van der Waals surface area contributed by atoms with E-state index in [9.17, 15) is 0 Å². The van der Waals surface area contributed by atoms with E-state index in [1.807, 2.05) is 54.6 Å². The second-order valence-electron chi connectivity index (χ2n) is 5.26. The van der Waals surface area contributed by atoms with Crippen molar-refractivity contribution in [3.63, 3.8) is 0 Å². The van der Waals surface area contributed by atoms with Gasteiger partial charge in [-0.15, -0.1) is 0 Å². The summed E-state index contributed by atoms with van der Waals surface area (Å²) in [7, 11) is 3.23. The van der Waals surface area contributed by atoms with Crippen LogP contribution in [0.4, 0.5) is 0 Å². The molecule has 112 valence electrons. The van der Waals surface area contributed by atoms with E-state index in [2.05, 4.69) is 41.3 Å². The van der Waals surface area contributed by atoms with Crippen molar-refractivity contribution in [2.45, 2.75) is 5.60 Å². The zero-order chi connectivity index (χ0) is 16.0. The fourth-order valence-corrected chi connectivity index (χ4v) is 2.85. The maximum absolute atomic E-state index is 6.25. The van der Waals surface area contributed by atoms with Gasteiger partial charge in [0.05, 0.1) is 0 Å². The van der Waals surface area contributed by atoms with Crippen LogP contribution in [0, 0.1) is 0 Å². The van der Waals surface area contributed by atoms with Gasteiger partial charge in [0.25, 0.3) is 0 Å². The fourth-order valence-electron chi connectivity index (χ4n) is 2.85. The SMILES string of the molecule is C/N=B/OC(c1ccccc1)(c1ccccc1)c1ccccc1. The van der Waals surface area contributed by atoms with Gasteiger partial charge >= 0.3 is 137 Å². The van der Waals surface area contributed by atoms with Gasteiger partial charge in [-0.1, -0.05) is 0 Å².